The molecular formula is C15H20F2N2O3S. The molecule has 128 valence electrons. The SMILES string of the molecule is CCN(CC)S(=O)(=O)CC(=O)N[C@H]1C[C@H]1c1c(F)cccc1F. The second-order valence-corrected chi connectivity index (χ2v) is 7.46. The Hall–Kier alpha value is -1.54. The zero-order valence-electron chi connectivity index (χ0n) is 13.1. The number of nitrogens with zero attached hydrogens (tertiary/aromatic N) is 1. The van der Waals surface area contributed by atoms with Crippen LogP contribution in [0.15, 0.2) is 18.2 Å². The van der Waals surface area contributed by atoms with Crippen LogP contribution >= 0.6 is 0 Å². The standard InChI is InChI=1S/C15H20F2N2O3S/c1-3-19(4-2)23(21,22)9-14(20)18-13-8-10(13)15-11(16)6-5-7-12(15)17/h5-7,10,13H,3-4,8-9H2,1-2H3,(H,18,20)/t10-,13+/m1/s1. The largest absolute Gasteiger partial charge is 0.352 e. The van der Waals surface area contributed by atoms with Gasteiger partial charge in [0.05, 0.1) is 0 Å². The minimum absolute atomic E-state index is 0.0515. The number of halogens is 2. The summed E-state index contributed by atoms with van der Waals surface area (Å²) >= 11 is 0. The average Bonchev–Trinajstić information content (AvgIpc) is 3.17. The van der Waals surface area contributed by atoms with Gasteiger partial charge in [-0.1, -0.05) is 19.9 Å². The Morgan fingerprint density at radius 2 is 1.83 bits per heavy atom. The van der Waals surface area contributed by atoms with Gasteiger partial charge in [0.1, 0.15) is 17.4 Å². The molecule has 1 aliphatic rings. The van der Waals surface area contributed by atoms with Gasteiger partial charge in [0, 0.05) is 30.6 Å². The Bertz CT molecular complexity index is 670. The first-order valence-corrected chi connectivity index (χ1v) is 9.12. The highest BCUT2D eigenvalue weighted by Gasteiger charge is 2.43. The fraction of sp³-hybridized carbons (Fsp3) is 0.533. The summed E-state index contributed by atoms with van der Waals surface area (Å²) in [5.41, 5.74) is -0.0515. The molecule has 2 atom stereocenters. The van der Waals surface area contributed by atoms with Crippen molar-refractivity contribution in [3.05, 3.63) is 35.4 Å². The molecule has 1 fully saturated rings. The highest BCUT2D eigenvalue weighted by atomic mass is 32.2. The van der Waals surface area contributed by atoms with E-state index < -0.39 is 45.3 Å². The number of hydrogen-bond donors (Lipinski definition) is 1. The third-order valence-electron chi connectivity index (χ3n) is 3.92. The average molecular weight is 346 g/mol. The molecule has 0 heterocycles. The van der Waals surface area contributed by atoms with Gasteiger partial charge in [-0.25, -0.2) is 21.5 Å². The molecule has 1 saturated carbocycles. The van der Waals surface area contributed by atoms with Crippen LogP contribution in [0.4, 0.5) is 8.78 Å². The zero-order chi connectivity index (χ0) is 17.2. The third kappa shape index (κ3) is 4.06. The van der Waals surface area contributed by atoms with Crippen LogP contribution in [0.1, 0.15) is 31.7 Å². The van der Waals surface area contributed by atoms with Crippen molar-refractivity contribution in [2.45, 2.75) is 32.2 Å². The van der Waals surface area contributed by atoms with Crippen LogP contribution < -0.4 is 5.32 Å². The molecule has 2 rings (SSSR count). The van der Waals surface area contributed by atoms with Crippen molar-refractivity contribution in [1.82, 2.24) is 9.62 Å². The predicted octanol–water partition coefficient (Wildman–Crippen LogP) is 1.61. The van der Waals surface area contributed by atoms with Gasteiger partial charge in [-0.05, 0) is 18.6 Å². The Balaban J connectivity index is 1.96. The van der Waals surface area contributed by atoms with Crippen LogP contribution in [0.2, 0.25) is 0 Å². The van der Waals surface area contributed by atoms with E-state index in [0.717, 1.165) is 0 Å². The second-order valence-electron chi connectivity index (χ2n) is 5.49. The van der Waals surface area contributed by atoms with E-state index in [1.165, 1.54) is 22.5 Å². The molecular weight excluding hydrogens is 326 g/mol. The summed E-state index contributed by atoms with van der Waals surface area (Å²) in [5, 5.41) is 2.54. The molecule has 8 heteroatoms. The van der Waals surface area contributed by atoms with E-state index in [2.05, 4.69) is 5.32 Å². The first-order chi connectivity index (χ1) is 10.8. The summed E-state index contributed by atoms with van der Waals surface area (Å²) in [6, 6.07) is 3.18. The number of amides is 1. The first kappa shape index (κ1) is 17.8. The van der Waals surface area contributed by atoms with Crippen LogP contribution in [0.5, 0.6) is 0 Å². The van der Waals surface area contributed by atoms with Crippen LogP contribution in [0, 0.1) is 11.6 Å². The molecule has 5 nitrogen and oxygen atoms in total. The van der Waals surface area contributed by atoms with Gasteiger partial charge in [0.25, 0.3) is 0 Å². The maximum atomic E-state index is 13.7. The molecule has 0 bridgehead atoms. The molecule has 23 heavy (non-hydrogen) atoms. The fourth-order valence-corrected chi connectivity index (χ4v) is 4.04. The minimum atomic E-state index is -3.66. The number of rotatable bonds is 7. The summed E-state index contributed by atoms with van der Waals surface area (Å²) in [4.78, 5) is 11.9. The van der Waals surface area contributed by atoms with Crippen molar-refractivity contribution in [3.8, 4) is 0 Å². The molecule has 0 saturated heterocycles. The van der Waals surface area contributed by atoms with E-state index in [1.54, 1.807) is 13.8 Å². The van der Waals surface area contributed by atoms with Crippen molar-refractivity contribution in [2.75, 3.05) is 18.8 Å². The monoisotopic (exact) mass is 346 g/mol. The number of hydrogen-bond acceptors (Lipinski definition) is 3. The summed E-state index contributed by atoms with van der Waals surface area (Å²) in [6.45, 7) is 3.96. The van der Waals surface area contributed by atoms with Crippen LogP contribution in [0.3, 0.4) is 0 Å². The lowest BCUT2D eigenvalue weighted by molar-refractivity contribution is -0.118. The molecule has 0 aliphatic heterocycles. The Labute approximate surface area is 134 Å². The van der Waals surface area contributed by atoms with Crippen molar-refractivity contribution >= 4 is 15.9 Å². The summed E-state index contributed by atoms with van der Waals surface area (Å²) in [6.07, 6.45) is 0.398. The van der Waals surface area contributed by atoms with Crippen molar-refractivity contribution in [2.24, 2.45) is 0 Å². The molecule has 0 spiro atoms. The van der Waals surface area contributed by atoms with E-state index in [1.807, 2.05) is 0 Å². The first-order valence-electron chi connectivity index (χ1n) is 7.51. The van der Waals surface area contributed by atoms with Gasteiger partial charge in [-0.3, -0.25) is 4.79 Å². The van der Waals surface area contributed by atoms with Gasteiger partial charge >= 0.3 is 0 Å². The summed E-state index contributed by atoms with van der Waals surface area (Å²) in [5.74, 6) is -3.06. The molecule has 0 unspecified atom stereocenters. The summed E-state index contributed by atoms with van der Waals surface area (Å²) < 4.78 is 52.6. The third-order valence-corrected chi connectivity index (χ3v) is 5.85. The number of sulfonamides is 1. The maximum absolute atomic E-state index is 13.7. The predicted molar refractivity (Wildman–Crippen MR) is 82.4 cm³/mol. The summed E-state index contributed by atoms with van der Waals surface area (Å²) in [7, 11) is -3.66. The van der Waals surface area contributed by atoms with Crippen molar-refractivity contribution in [1.29, 1.82) is 0 Å². The molecule has 1 aliphatic carbocycles. The van der Waals surface area contributed by atoms with Crippen LogP contribution in [-0.4, -0.2) is 43.5 Å². The van der Waals surface area contributed by atoms with Gasteiger partial charge in [-0.15, -0.1) is 0 Å². The smallest absolute Gasteiger partial charge is 0.236 e. The van der Waals surface area contributed by atoms with Crippen molar-refractivity contribution in [3.63, 3.8) is 0 Å². The molecule has 1 aromatic rings. The van der Waals surface area contributed by atoms with E-state index >= 15 is 0 Å². The fourth-order valence-electron chi connectivity index (χ4n) is 2.66. The van der Waals surface area contributed by atoms with E-state index in [4.69, 9.17) is 0 Å². The van der Waals surface area contributed by atoms with E-state index in [0.29, 0.717) is 19.5 Å². The molecule has 1 amide bonds. The van der Waals surface area contributed by atoms with Gasteiger partial charge in [0.2, 0.25) is 15.9 Å². The highest BCUT2D eigenvalue weighted by Crippen LogP contribution is 2.43. The van der Waals surface area contributed by atoms with Crippen molar-refractivity contribution < 1.29 is 22.0 Å². The van der Waals surface area contributed by atoms with E-state index in [9.17, 15) is 22.0 Å². The molecule has 1 N–H and O–H groups in total. The highest BCUT2D eigenvalue weighted by molar-refractivity contribution is 7.89. The van der Waals surface area contributed by atoms with Gasteiger partial charge in [0.15, 0.2) is 0 Å². The lowest BCUT2D eigenvalue weighted by atomic mass is 10.1. The van der Waals surface area contributed by atoms with Gasteiger partial charge < -0.3 is 5.32 Å². The second kappa shape index (κ2) is 6.92. The van der Waals surface area contributed by atoms with E-state index in [-0.39, 0.29) is 5.56 Å². The minimum Gasteiger partial charge on any atom is -0.352 e. The lowest BCUT2D eigenvalue weighted by Gasteiger charge is -2.18. The number of carbonyl (C=O) groups excluding carboxylic acids is 1. The van der Waals surface area contributed by atoms with Gasteiger partial charge in [-0.2, -0.15) is 0 Å². The van der Waals surface area contributed by atoms with Crippen LogP contribution in [0.25, 0.3) is 0 Å². The zero-order valence-corrected chi connectivity index (χ0v) is 13.9. The van der Waals surface area contributed by atoms with Crippen LogP contribution in [-0.2, 0) is 14.8 Å². The Morgan fingerprint density at radius 1 is 1.26 bits per heavy atom. The normalized spacial score (nSPS) is 20.6. The topological polar surface area (TPSA) is 66.5 Å². The lowest BCUT2D eigenvalue weighted by Crippen LogP contribution is -2.40. The number of carbonyl (C=O) groups is 1. The Morgan fingerprint density at radius 3 is 2.35 bits per heavy atom. The molecule has 1 aromatic carbocycles. The molecule has 0 aromatic heterocycles. The maximum Gasteiger partial charge on any atom is 0.236 e. The quantitative estimate of drug-likeness (QED) is 0.816. The Kier molecular flexibility index (Phi) is 5.36. The number of nitrogens with one attached hydrogen (secondary N) is 1. The number of benzene rings is 1. The molecule has 0 radical (unpaired) electrons.